The Morgan fingerprint density at radius 3 is 2.47 bits per heavy atom. The number of anilines is 3. The molecular formula is C27H38N4O3. The SMILES string of the molecule is CCOCCCNC(=O)c1cc(NC(=O)Nc2cccc(CC)c2)ccc1N1CCC(C)CC1. The van der Waals surface area contributed by atoms with E-state index in [1.165, 1.54) is 0 Å². The van der Waals surface area contributed by atoms with Crippen LogP contribution < -0.4 is 20.9 Å². The molecule has 0 saturated carbocycles. The Bertz CT molecular complexity index is 955. The number of carbonyl (C=O) groups excluding carboxylic acids is 2. The van der Waals surface area contributed by atoms with Gasteiger partial charge in [-0.15, -0.1) is 0 Å². The maximum atomic E-state index is 13.1. The quantitative estimate of drug-likeness (QED) is 0.416. The summed E-state index contributed by atoms with van der Waals surface area (Å²) in [6, 6.07) is 13.0. The fraction of sp³-hybridized carbons (Fsp3) is 0.481. The number of nitrogens with zero attached hydrogens (tertiary/aromatic N) is 1. The number of urea groups is 1. The van der Waals surface area contributed by atoms with Crippen molar-refractivity contribution in [2.24, 2.45) is 5.92 Å². The molecule has 1 saturated heterocycles. The fourth-order valence-electron chi connectivity index (χ4n) is 4.10. The number of piperidine rings is 1. The van der Waals surface area contributed by atoms with E-state index in [4.69, 9.17) is 4.74 Å². The van der Waals surface area contributed by atoms with E-state index in [1.807, 2.05) is 43.3 Å². The molecule has 0 unspecified atom stereocenters. The Balaban J connectivity index is 1.72. The van der Waals surface area contributed by atoms with Crippen molar-refractivity contribution in [2.45, 2.75) is 46.5 Å². The Morgan fingerprint density at radius 2 is 1.76 bits per heavy atom. The maximum absolute atomic E-state index is 13.1. The Morgan fingerprint density at radius 1 is 1.03 bits per heavy atom. The molecule has 7 heteroatoms. The number of hydrogen-bond acceptors (Lipinski definition) is 4. The zero-order valence-electron chi connectivity index (χ0n) is 20.7. The normalized spacial score (nSPS) is 14.0. The minimum absolute atomic E-state index is 0.134. The van der Waals surface area contributed by atoms with E-state index in [2.05, 4.69) is 34.7 Å². The van der Waals surface area contributed by atoms with Crippen LogP contribution in [0.1, 0.15) is 56.0 Å². The molecule has 0 spiro atoms. The van der Waals surface area contributed by atoms with E-state index in [9.17, 15) is 9.59 Å². The van der Waals surface area contributed by atoms with Crippen molar-refractivity contribution in [1.82, 2.24) is 5.32 Å². The van der Waals surface area contributed by atoms with Crippen LogP contribution in [0.3, 0.4) is 0 Å². The molecule has 1 aliphatic heterocycles. The molecule has 0 aliphatic carbocycles. The van der Waals surface area contributed by atoms with Gasteiger partial charge < -0.3 is 25.6 Å². The van der Waals surface area contributed by atoms with E-state index in [-0.39, 0.29) is 11.9 Å². The molecule has 1 fully saturated rings. The van der Waals surface area contributed by atoms with Crippen LogP contribution >= 0.6 is 0 Å². The molecule has 2 aromatic carbocycles. The summed E-state index contributed by atoms with van der Waals surface area (Å²) in [6.07, 6.45) is 3.87. The van der Waals surface area contributed by atoms with E-state index in [0.29, 0.717) is 36.9 Å². The standard InChI is InChI=1S/C27H38N4O3/c1-4-21-8-6-9-22(18-21)29-27(33)30-23-10-11-25(31-15-12-20(3)13-16-31)24(19-23)26(32)28-14-7-17-34-5-2/h6,8-11,18-20H,4-5,7,12-17H2,1-3H3,(H,28,32)(H2,29,30,33). The zero-order valence-corrected chi connectivity index (χ0v) is 20.7. The van der Waals surface area contributed by atoms with Crippen molar-refractivity contribution in [3.8, 4) is 0 Å². The summed E-state index contributed by atoms with van der Waals surface area (Å²) in [5, 5.41) is 8.76. The third-order valence-electron chi connectivity index (χ3n) is 6.17. The van der Waals surface area contributed by atoms with Gasteiger partial charge >= 0.3 is 6.03 Å². The number of benzene rings is 2. The smallest absolute Gasteiger partial charge is 0.323 e. The van der Waals surface area contributed by atoms with E-state index in [1.54, 1.807) is 6.07 Å². The van der Waals surface area contributed by atoms with Gasteiger partial charge in [-0.1, -0.05) is 26.0 Å². The summed E-state index contributed by atoms with van der Waals surface area (Å²) in [5.41, 5.74) is 3.97. The maximum Gasteiger partial charge on any atom is 0.323 e. The van der Waals surface area contributed by atoms with Crippen LogP contribution in [-0.2, 0) is 11.2 Å². The lowest BCUT2D eigenvalue weighted by Crippen LogP contribution is -2.35. The molecule has 2 aromatic rings. The molecule has 184 valence electrons. The average Bonchev–Trinajstić information content (AvgIpc) is 2.84. The number of ether oxygens (including phenoxy) is 1. The van der Waals surface area contributed by atoms with Crippen molar-refractivity contribution < 1.29 is 14.3 Å². The highest BCUT2D eigenvalue weighted by Crippen LogP contribution is 2.29. The predicted octanol–water partition coefficient (Wildman–Crippen LogP) is 5.29. The molecule has 0 aromatic heterocycles. The van der Waals surface area contributed by atoms with Crippen LogP contribution in [0.25, 0.3) is 0 Å². The summed E-state index contributed by atoms with van der Waals surface area (Å²) in [5.74, 6) is 0.563. The molecule has 1 heterocycles. The molecule has 3 N–H and O–H groups in total. The number of rotatable bonds is 10. The monoisotopic (exact) mass is 466 g/mol. The van der Waals surface area contributed by atoms with Crippen molar-refractivity contribution in [3.05, 3.63) is 53.6 Å². The molecule has 3 amide bonds. The summed E-state index contributed by atoms with van der Waals surface area (Å²) in [7, 11) is 0. The molecule has 0 radical (unpaired) electrons. The minimum atomic E-state index is -0.337. The summed E-state index contributed by atoms with van der Waals surface area (Å²) in [6.45, 7) is 9.98. The zero-order chi connectivity index (χ0) is 24.3. The molecule has 34 heavy (non-hydrogen) atoms. The first kappa shape index (κ1) is 25.6. The van der Waals surface area contributed by atoms with Gasteiger partial charge in [-0.3, -0.25) is 4.79 Å². The highest BCUT2D eigenvalue weighted by atomic mass is 16.5. The first-order valence-corrected chi connectivity index (χ1v) is 12.4. The van der Waals surface area contributed by atoms with Crippen molar-refractivity contribution in [3.63, 3.8) is 0 Å². The van der Waals surface area contributed by atoms with Gasteiger partial charge in [0.1, 0.15) is 0 Å². The average molecular weight is 467 g/mol. The summed E-state index contributed by atoms with van der Waals surface area (Å²) in [4.78, 5) is 28.0. The van der Waals surface area contributed by atoms with Crippen molar-refractivity contribution >= 4 is 29.0 Å². The van der Waals surface area contributed by atoms with Gasteiger partial charge in [-0.25, -0.2) is 4.79 Å². The number of nitrogens with one attached hydrogen (secondary N) is 3. The first-order chi connectivity index (χ1) is 16.5. The third kappa shape index (κ3) is 7.48. The Labute approximate surface area is 203 Å². The second-order valence-corrected chi connectivity index (χ2v) is 8.84. The second-order valence-electron chi connectivity index (χ2n) is 8.84. The summed E-state index contributed by atoms with van der Waals surface area (Å²) < 4.78 is 5.36. The number of carbonyl (C=O) groups is 2. The lowest BCUT2D eigenvalue weighted by molar-refractivity contribution is 0.0944. The molecule has 7 nitrogen and oxygen atoms in total. The van der Waals surface area contributed by atoms with Crippen molar-refractivity contribution in [1.29, 1.82) is 0 Å². The molecule has 0 atom stereocenters. The van der Waals surface area contributed by atoms with Gasteiger partial charge in [0.25, 0.3) is 5.91 Å². The fourth-order valence-corrected chi connectivity index (χ4v) is 4.10. The second kappa shape index (κ2) is 13.0. The Hall–Kier alpha value is -3.06. The molecule has 3 rings (SSSR count). The highest BCUT2D eigenvalue weighted by Gasteiger charge is 2.22. The van der Waals surface area contributed by atoms with Crippen LogP contribution in [0.15, 0.2) is 42.5 Å². The molecule has 1 aliphatic rings. The van der Waals surface area contributed by atoms with Crippen LogP contribution in [0.4, 0.5) is 21.9 Å². The van der Waals surface area contributed by atoms with Crippen LogP contribution in [0.5, 0.6) is 0 Å². The van der Waals surface area contributed by atoms with Crippen molar-refractivity contribution in [2.75, 3.05) is 48.4 Å². The van der Waals surface area contributed by atoms with Gasteiger partial charge in [0.2, 0.25) is 0 Å². The van der Waals surface area contributed by atoms with Gasteiger partial charge in [-0.05, 0) is 74.4 Å². The predicted molar refractivity (Wildman–Crippen MR) is 139 cm³/mol. The van der Waals surface area contributed by atoms with E-state index in [0.717, 1.165) is 55.7 Å². The van der Waals surface area contributed by atoms with E-state index < -0.39 is 0 Å². The molecular weight excluding hydrogens is 428 g/mol. The first-order valence-electron chi connectivity index (χ1n) is 12.4. The lowest BCUT2D eigenvalue weighted by atomic mass is 9.98. The lowest BCUT2D eigenvalue weighted by Gasteiger charge is -2.33. The highest BCUT2D eigenvalue weighted by molar-refractivity contribution is 6.04. The van der Waals surface area contributed by atoms with Gasteiger partial charge in [0.05, 0.1) is 5.56 Å². The topological polar surface area (TPSA) is 82.7 Å². The van der Waals surface area contributed by atoms with Gasteiger partial charge in [0, 0.05) is 49.9 Å². The third-order valence-corrected chi connectivity index (χ3v) is 6.17. The van der Waals surface area contributed by atoms with Gasteiger partial charge in [0.15, 0.2) is 0 Å². The van der Waals surface area contributed by atoms with Crippen LogP contribution in [-0.4, -0.2) is 44.8 Å². The minimum Gasteiger partial charge on any atom is -0.382 e. The number of aryl methyl sites for hydroxylation is 1. The number of hydrogen-bond donors (Lipinski definition) is 3. The van der Waals surface area contributed by atoms with Crippen LogP contribution in [0, 0.1) is 5.92 Å². The molecule has 0 bridgehead atoms. The number of amides is 3. The Kier molecular flexibility index (Phi) is 9.76. The summed E-state index contributed by atoms with van der Waals surface area (Å²) >= 11 is 0. The largest absolute Gasteiger partial charge is 0.382 e. The van der Waals surface area contributed by atoms with E-state index >= 15 is 0 Å². The van der Waals surface area contributed by atoms with Crippen LogP contribution in [0.2, 0.25) is 0 Å². The van der Waals surface area contributed by atoms with Gasteiger partial charge in [-0.2, -0.15) is 0 Å².